The Balaban J connectivity index is 2.88. The molecule has 80 valence electrons. The number of methoxy groups -OCH3 is 1. The molecule has 0 saturated carbocycles. The normalized spacial score (nSPS) is 14.4. The highest BCUT2D eigenvalue weighted by Crippen LogP contribution is 2.29. The van der Waals surface area contributed by atoms with Crippen molar-refractivity contribution in [2.75, 3.05) is 7.11 Å². The molecular formula is C11H19NOS. The minimum Gasteiger partial charge on any atom is -0.372 e. The van der Waals surface area contributed by atoms with Crippen LogP contribution in [0.5, 0.6) is 0 Å². The van der Waals surface area contributed by atoms with Gasteiger partial charge in [0.1, 0.15) is 10.6 Å². The molecule has 0 bridgehead atoms. The van der Waals surface area contributed by atoms with Crippen LogP contribution < -0.4 is 0 Å². The summed E-state index contributed by atoms with van der Waals surface area (Å²) in [5, 5.41) is 3.21. The first-order chi connectivity index (χ1) is 6.51. The lowest BCUT2D eigenvalue weighted by molar-refractivity contribution is 0.0189. The smallest absolute Gasteiger partial charge is 0.124 e. The van der Waals surface area contributed by atoms with Crippen LogP contribution in [-0.2, 0) is 10.3 Å². The Kier molecular flexibility index (Phi) is 3.67. The Bertz CT molecular complexity index is 293. The van der Waals surface area contributed by atoms with Gasteiger partial charge in [-0.15, -0.1) is 11.3 Å². The van der Waals surface area contributed by atoms with Crippen LogP contribution in [0.1, 0.15) is 50.7 Å². The Labute approximate surface area is 90.3 Å². The number of thiazole rings is 1. The summed E-state index contributed by atoms with van der Waals surface area (Å²) in [6.07, 6.45) is 1.14. The quantitative estimate of drug-likeness (QED) is 0.763. The molecule has 0 fully saturated rings. The van der Waals surface area contributed by atoms with E-state index in [1.54, 1.807) is 18.4 Å². The summed E-state index contributed by atoms with van der Waals surface area (Å²) in [6.45, 7) is 8.49. The number of hydrogen-bond acceptors (Lipinski definition) is 3. The van der Waals surface area contributed by atoms with Crippen molar-refractivity contribution in [2.45, 2.75) is 45.6 Å². The molecule has 0 aliphatic rings. The van der Waals surface area contributed by atoms with Crippen LogP contribution in [0, 0.1) is 0 Å². The Morgan fingerprint density at radius 2 is 2.21 bits per heavy atom. The first-order valence-electron chi connectivity index (χ1n) is 5.02. The van der Waals surface area contributed by atoms with Crippen molar-refractivity contribution >= 4 is 11.3 Å². The van der Waals surface area contributed by atoms with Gasteiger partial charge in [-0.1, -0.05) is 13.8 Å². The number of nitrogens with zero attached hydrogens (tertiary/aromatic N) is 1. The molecule has 1 aromatic rings. The molecule has 1 rings (SSSR count). The van der Waals surface area contributed by atoms with Gasteiger partial charge in [-0.05, 0) is 26.2 Å². The summed E-state index contributed by atoms with van der Waals surface area (Å²) in [4.78, 5) is 4.62. The second-order valence-corrected chi connectivity index (χ2v) is 4.96. The van der Waals surface area contributed by atoms with Gasteiger partial charge >= 0.3 is 0 Å². The zero-order chi connectivity index (χ0) is 10.8. The number of rotatable bonds is 4. The van der Waals surface area contributed by atoms with Crippen molar-refractivity contribution in [3.63, 3.8) is 0 Å². The van der Waals surface area contributed by atoms with Gasteiger partial charge in [0.05, 0.1) is 5.69 Å². The highest BCUT2D eigenvalue weighted by Gasteiger charge is 2.24. The molecule has 0 spiro atoms. The van der Waals surface area contributed by atoms with E-state index in [0.29, 0.717) is 5.92 Å². The molecule has 1 atom stereocenters. The second-order valence-electron chi connectivity index (χ2n) is 4.10. The number of ether oxygens (including phenoxy) is 1. The van der Waals surface area contributed by atoms with Crippen LogP contribution in [0.2, 0.25) is 0 Å². The van der Waals surface area contributed by atoms with Crippen molar-refractivity contribution < 1.29 is 4.74 Å². The third kappa shape index (κ3) is 2.34. The highest BCUT2D eigenvalue weighted by molar-refractivity contribution is 7.09. The average Bonchev–Trinajstić information content (AvgIpc) is 2.66. The topological polar surface area (TPSA) is 22.1 Å². The largest absolute Gasteiger partial charge is 0.372 e. The standard InChI is InChI=1S/C11H19NOS/c1-6-8(2)9-7-14-10(12-9)11(3,4)13-5/h7-8H,6H2,1-5H3. The summed E-state index contributed by atoms with van der Waals surface area (Å²) in [6, 6.07) is 0. The lowest BCUT2D eigenvalue weighted by Gasteiger charge is -2.19. The molecule has 2 nitrogen and oxygen atoms in total. The van der Waals surface area contributed by atoms with Crippen molar-refractivity contribution in [1.29, 1.82) is 0 Å². The van der Waals surface area contributed by atoms with Gasteiger partial charge in [0.15, 0.2) is 0 Å². The van der Waals surface area contributed by atoms with Crippen LogP contribution in [0.3, 0.4) is 0 Å². The number of hydrogen-bond donors (Lipinski definition) is 0. The maximum atomic E-state index is 5.40. The molecule has 0 amide bonds. The van der Waals surface area contributed by atoms with E-state index in [-0.39, 0.29) is 5.60 Å². The Hall–Kier alpha value is -0.410. The van der Waals surface area contributed by atoms with E-state index < -0.39 is 0 Å². The van der Waals surface area contributed by atoms with Gasteiger partial charge in [-0.25, -0.2) is 4.98 Å². The summed E-state index contributed by atoms with van der Waals surface area (Å²) in [5.41, 5.74) is 0.939. The molecule has 14 heavy (non-hydrogen) atoms. The number of aromatic nitrogens is 1. The maximum absolute atomic E-state index is 5.40. The summed E-state index contributed by atoms with van der Waals surface area (Å²) in [7, 11) is 1.73. The SMILES string of the molecule is CCC(C)c1csc(C(C)(C)OC)n1. The van der Waals surface area contributed by atoms with Crippen molar-refractivity contribution in [2.24, 2.45) is 0 Å². The van der Waals surface area contributed by atoms with Gasteiger partial charge in [0.25, 0.3) is 0 Å². The molecule has 1 aromatic heterocycles. The Morgan fingerprint density at radius 3 is 2.71 bits per heavy atom. The fourth-order valence-electron chi connectivity index (χ4n) is 1.09. The van der Waals surface area contributed by atoms with Gasteiger partial charge in [-0.3, -0.25) is 0 Å². The first kappa shape index (κ1) is 11.7. The van der Waals surface area contributed by atoms with E-state index in [0.717, 1.165) is 11.4 Å². The molecule has 0 aliphatic heterocycles. The van der Waals surface area contributed by atoms with Gasteiger partial charge in [0.2, 0.25) is 0 Å². The van der Waals surface area contributed by atoms with E-state index in [4.69, 9.17) is 4.74 Å². The highest BCUT2D eigenvalue weighted by atomic mass is 32.1. The predicted molar refractivity (Wildman–Crippen MR) is 60.9 cm³/mol. The second kappa shape index (κ2) is 4.41. The van der Waals surface area contributed by atoms with Gasteiger partial charge in [0, 0.05) is 12.5 Å². The maximum Gasteiger partial charge on any atom is 0.124 e. The van der Waals surface area contributed by atoms with E-state index in [1.165, 1.54) is 5.69 Å². The van der Waals surface area contributed by atoms with E-state index >= 15 is 0 Å². The third-order valence-corrected chi connectivity index (χ3v) is 3.83. The fourth-order valence-corrected chi connectivity index (χ4v) is 2.13. The molecule has 0 aliphatic carbocycles. The van der Waals surface area contributed by atoms with Gasteiger partial charge < -0.3 is 4.74 Å². The van der Waals surface area contributed by atoms with E-state index in [9.17, 15) is 0 Å². The first-order valence-corrected chi connectivity index (χ1v) is 5.90. The summed E-state index contributed by atoms with van der Waals surface area (Å²) >= 11 is 1.69. The average molecular weight is 213 g/mol. The van der Waals surface area contributed by atoms with Crippen molar-refractivity contribution in [3.8, 4) is 0 Å². The monoisotopic (exact) mass is 213 g/mol. The van der Waals surface area contributed by atoms with Crippen LogP contribution in [0.15, 0.2) is 5.38 Å². The predicted octanol–water partition coefficient (Wildman–Crippen LogP) is 3.54. The third-order valence-electron chi connectivity index (χ3n) is 2.66. The van der Waals surface area contributed by atoms with E-state index in [1.807, 2.05) is 13.8 Å². The van der Waals surface area contributed by atoms with Crippen LogP contribution in [-0.4, -0.2) is 12.1 Å². The summed E-state index contributed by atoms with van der Waals surface area (Å²) in [5.74, 6) is 0.549. The van der Waals surface area contributed by atoms with Crippen molar-refractivity contribution in [3.05, 3.63) is 16.1 Å². The Morgan fingerprint density at radius 1 is 1.57 bits per heavy atom. The lowest BCUT2D eigenvalue weighted by atomic mass is 10.1. The zero-order valence-corrected chi connectivity index (χ0v) is 10.4. The molecule has 0 saturated heterocycles. The zero-order valence-electron chi connectivity index (χ0n) is 9.63. The van der Waals surface area contributed by atoms with Gasteiger partial charge in [-0.2, -0.15) is 0 Å². The minimum atomic E-state index is -0.254. The molecule has 0 N–H and O–H groups in total. The fraction of sp³-hybridized carbons (Fsp3) is 0.727. The molecule has 1 heterocycles. The molecule has 1 unspecified atom stereocenters. The van der Waals surface area contributed by atoms with Crippen molar-refractivity contribution in [1.82, 2.24) is 4.98 Å². The summed E-state index contributed by atoms with van der Waals surface area (Å²) < 4.78 is 5.40. The molecular weight excluding hydrogens is 194 g/mol. The van der Waals surface area contributed by atoms with Crippen LogP contribution in [0.4, 0.5) is 0 Å². The molecule has 0 aromatic carbocycles. The van der Waals surface area contributed by atoms with Crippen LogP contribution >= 0.6 is 11.3 Å². The molecule has 3 heteroatoms. The van der Waals surface area contributed by atoms with E-state index in [2.05, 4.69) is 24.2 Å². The lowest BCUT2D eigenvalue weighted by Crippen LogP contribution is -2.19. The molecule has 0 radical (unpaired) electrons. The minimum absolute atomic E-state index is 0.254. The van der Waals surface area contributed by atoms with Crippen LogP contribution in [0.25, 0.3) is 0 Å².